The van der Waals surface area contributed by atoms with E-state index in [1.807, 2.05) is 6.92 Å². The summed E-state index contributed by atoms with van der Waals surface area (Å²) in [6.45, 7) is 25.8. The van der Waals surface area contributed by atoms with E-state index in [0.717, 1.165) is 36.0 Å². The molecule has 0 bridgehead atoms. The third-order valence-corrected chi connectivity index (χ3v) is 19.8. The third kappa shape index (κ3) is 6.25. The lowest BCUT2D eigenvalue weighted by Crippen LogP contribution is -2.69. The van der Waals surface area contributed by atoms with Crippen LogP contribution in [0.4, 0.5) is 5.13 Å². The van der Waals surface area contributed by atoms with Crippen LogP contribution in [0.5, 0.6) is 0 Å². The molecule has 6 aliphatic rings. The number of carbonyl (C=O) groups excluding carboxylic acids is 1. The number of hydrogen-bond donors (Lipinski definition) is 0. The van der Waals surface area contributed by atoms with E-state index in [0.29, 0.717) is 64.2 Å². The predicted molar refractivity (Wildman–Crippen MR) is 214 cm³/mol. The number of nitrogens with zero attached hydrogens (tertiary/aromatic N) is 3. The fourth-order valence-corrected chi connectivity index (χ4v) is 16.7. The molecule has 4 aliphatic carbocycles. The summed E-state index contributed by atoms with van der Waals surface area (Å²) in [6, 6.07) is 0. The van der Waals surface area contributed by atoms with Crippen molar-refractivity contribution < 1.29 is 17.9 Å². The number of piperidine rings is 1. The number of fused-ring (bicyclic) bond motifs is 7. The number of unbranched alkanes of at least 4 members (excludes halogenated alkanes) is 2. The second-order valence-electron chi connectivity index (χ2n) is 19.6. The molecule has 7 rings (SSSR count). The third-order valence-electron chi connectivity index (χ3n) is 17.2. The molecule has 9 heteroatoms. The van der Waals surface area contributed by atoms with Crippen molar-refractivity contribution in [3.63, 3.8) is 0 Å². The summed E-state index contributed by atoms with van der Waals surface area (Å²) in [4.78, 5) is 22.8. The molecule has 0 spiro atoms. The first-order valence-electron chi connectivity index (χ1n) is 21.0. The highest BCUT2D eigenvalue weighted by atomic mass is 32.2. The minimum atomic E-state index is -2.81. The summed E-state index contributed by atoms with van der Waals surface area (Å²) in [5.41, 5.74) is 2.80. The zero-order valence-electron chi connectivity index (χ0n) is 33.6. The Bertz CT molecular complexity index is 1610. The summed E-state index contributed by atoms with van der Waals surface area (Å²) in [6.07, 6.45) is 18.8. The average molecular weight is 756 g/mol. The maximum absolute atomic E-state index is 12.5. The Hall–Kier alpha value is -1.45. The number of allylic oxidation sites excluding steroid dienone is 1. The Balaban J connectivity index is 1.07. The summed E-state index contributed by atoms with van der Waals surface area (Å²) in [7, 11) is -2.81. The molecule has 0 radical (unpaired) electrons. The number of hydrogen-bond acceptors (Lipinski definition) is 8. The van der Waals surface area contributed by atoms with E-state index in [9.17, 15) is 13.2 Å². The number of rotatable bonds is 10. The zero-order valence-corrected chi connectivity index (χ0v) is 35.2. The van der Waals surface area contributed by atoms with Crippen LogP contribution in [0.2, 0.25) is 0 Å². The van der Waals surface area contributed by atoms with Gasteiger partial charge in [0.25, 0.3) is 0 Å². The van der Waals surface area contributed by atoms with Gasteiger partial charge in [0.2, 0.25) is 0 Å². The van der Waals surface area contributed by atoms with Crippen molar-refractivity contribution in [3.8, 4) is 0 Å². The summed E-state index contributed by atoms with van der Waals surface area (Å²) in [5.74, 6) is 3.90. The molecule has 1 aromatic heterocycles. The molecule has 3 heterocycles. The number of aromatic nitrogens is 1. The van der Waals surface area contributed by atoms with Gasteiger partial charge < -0.3 is 14.5 Å². The quantitative estimate of drug-likeness (QED) is 0.134. The van der Waals surface area contributed by atoms with Gasteiger partial charge >= 0.3 is 5.97 Å². The molecule has 7 nitrogen and oxygen atoms in total. The van der Waals surface area contributed by atoms with Crippen molar-refractivity contribution >= 4 is 32.3 Å². The van der Waals surface area contributed by atoms with E-state index < -0.39 is 9.84 Å². The van der Waals surface area contributed by atoms with Crippen LogP contribution in [0, 0.1) is 51.2 Å². The van der Waals surface area contributed by atoms with Gasteiger partial charge in [0.15, 0.2) is 15.0 Å². The largest absolute Gasteiger partial charge is 0.462 e. The lowest BCUT2D eigenvalue weighted by molar-refractivity contribution is -0.228. The minimum absolute atomic E-state index is 0.0419. The molecule has 0 amide bonds. The second-order valence-corrected chi connectivity index (χ2v) is 22.9. The molecule has 0 aromatic carbocycles. The van der Waals surface area contributed by atoms with E-state index in [2.05, 4.69) is 57.9 Å². The van der Waals surface area contributed by atoms with Gasteiger partial charge in [-0.15, -0.1) is 0 Å². The first kappa shape index (κ1) is 38.8. The highest BCUT2D eigenvalue weighted by molar-refractivity contribution is 7.91. The fourth-order valence-electron chi connectivity index (χ4n) is 14.4. The number of esters is 1. The monoisotopic (exact) mass is 755 g/mol. The summed E-state index contributed by atoms with van der Waals surface area (Å²) < 4.78 is 29.1. The Morgan fingerprint density at radius 3 is 2.38 bits per heavy atom. The lowest BCUT2D eigenvalue weighted by atomic mass is 9.33. The van der Waals surface area contributed by atoms with Gasteiger partial charge in [-0.3, -0.25) is 0 Å². The topological polar surface area (TPSA) is 79.8 Å². The molecule has 292 valence electrons. The molecular weight excluding hydrogens is 687 g/mol. The maximum Gasteiger partial charge on any atom is 0.350 e. The van der Waals surface area contributed by atoms with E-state index in [1.54, 1.807) is 6.20 Å². The summed E-state index contributed by atoms with van der Waals surface area (Å²) >= 11 is 1.50. The Morgan fingerprint density at radius 2 is 1.67 bits per heavy atom. The number of ether oxygens (including phenoxy) is 1. The first-order valence-corrected chi connectivity index (χ1v) is 23.6. The molecular formula is C43H69N3O4S2. The lowest BCUT2D eigenvalue weighted by Gasteiger charge is -2.73. The molecule has 6 fully saturated rings. The molecule has 52 heavy (non-hydrogen) atoms. The van der Waals surface area contributed by atoms with Crippen LogP contribution in [0.15, 0.2) is 18.3 Å². The van der Waals surface area contributed by atoms with Gasteiger partial charge in [0, 0.05) is 25.2 Å². The van der Waals surface area contributed by atoms with Crippen LogP contribution in [-0.4, -0.2) is 74.1 Å². The number of anilines is 1. The predicted octanol–water partition coefficient (Wildman–Crippen LogP) is 9.44. The van der Waals surface area contributed by atoms with E-state index in [1.165, 1.54) is 100 Å². The van der Waals surface area contributed by atoms with E-state index in [4.69, 9.17) is 9.72 Å². The van der Waals surface area contributed by atoms with Crippen molar-refractivity contribution in [3.05, 3.63) is 23.2 Å². The van der Waals surface area contributed by atoms with E-state index in [-0.39, 0.29) is 16.9 Å². The average Bonchev–Trinajstić information content (AvgIpc) is 3.72. The van der Waals surface area contributed by atoms with Gasteiger partial charge in [-0.2, -0.15) is 0 Å². The highest BCUT2D eigenvalue weighted by Gasteiger charge is 2.70. The van der Waals surface area contributed by atoms with Crippen LogP contribution in [0.3, 0.4) is 0 Å². The Labute approximate surface area is 320 Å². The molecule has 2 aliphatic heterocycles. The number of sulfone groups is 1. The summed E-state index contributed by atoms with van der Waals surface area (Å²) in [5, 5.41) is 0.969. The maximum atomic E-state index is 12.5. The molecule has 0 N–H and O–H groups in total. The number of thiazole rings is 1. The Kier molecular flexibility index (Phi) is 10.4. The van der Waals surface area contributed by atoms with Gasteiger partial charge in [-0.1, -0.05) is 57.1 Å². The SMILES string of the molecule is C=C(C)[C@@H]1CC[C@]2(CCCCCN3CCS(=O)(=O)CC3)CC[C@]3(C)[C@H](CC[C@@H]4[C@@]5(C)CCN(c6ncc(C(=O)OCC)s6)C(C)(C)[C@@H]5CC[C@]43C)[C@@H]12. The molecule has 2 saturated heterocycles. The van der Waals surface area contributed by atoms with Crippen molar-refractivity contribution in [2.24, 2.45) is 51.2 Å². The normalized spacial score (nSPS) is 41.0. The fraction of sp³-hybridized carbons (Fsp3) is 0.860. The molecule has 4 saturated carbocycles. The Morgan fingerprint density at radius 1 is 0.923 bits per heavy atom. The number of carbonyl (C=O) groups is 1. The molecule has 0 unspecified atom stereocenters. The minimum Gasteiger partial charge on any atom is -0.462 e. The van der Waals surface area contributed by atoms with Crippen molar-refractivity contribution in [1.29, 1.82) is 0 Å². The van der Waals surface area contributed by atoms with Gasteiger partial charge in [0.1, 0.15) is 4.88 Å². The molecule has 1 aromatic rings. The van der Waals surface area contributed by atoms with Crippen LogP contribution in [0.25, 0.3) is 0 Å². The van der Waals surface area contributed by atoms with Crippen molar-refractivity contribution in [1.82, 2.24) is 9.88 Å². The van der Waals surface area contributed by atoms with Crippen LogP contribution in [-0.2, 0) is 14.6 Å². The smallest absolute Gasteiger partial charge is 0.350 e. The van der Waals surface area contributed by atoms with Gasteiger partial charge in [-0.25, -0.2) is 18.2 Å². The zero-order chi connectivity index (χ0) is 37.3. The van der Waals surface area contributed by atoms with Crippen molar-refractivity contribution in [2.75, 3.05) is 49.2 Å². The van der Waals surface area contributed by atoms with Crippen LogP contribution in [0.1, 0.15) is 142 Å². The van der Waals surface area contributed by atoms with Crippen LogP contribution >= 0.6 is 11.3 Å². The van der Waals surface area contributed by atoms with Gasteiger partial charge in [0.05, 0.1) is 24.3 Å². The molecule has 9 atom stereocenters. The highest BCUT2D eigenvalue weighted by Crippen LogP contribution is 2.77. The second kappa shape index (κ2) is 13.9. The van der Waals surface area contributed by atoms with Crippen LogP contribution < -0.4 is 4.90 Å². The van der Waals surface area contributed by atoms with E-state index >= 15 is 0 Å². The van der Waals surface area contributed by atoms with Crippen molar-refractivity contribution in [2.45, 2.75) is 137 Å². The van der Waals surface area contributed by atoms with Gasteiger partial charge in [-0.05, 0) is 156 Å². The standard InChI is InChI=1S/C43H69N3O4S2/c1-9-50-37(47)33-29-44-38(51-33)46-24-22-40(6)34(39(46,4)5)16-18-42(8)35(40)14-13-32-36-31(30(2)3)15-19-43(36,21-20-41(32,42)7)17-11-10-12-23-45-25-27-52(48,49)28-26-45/h29,31-32,34-36H,2,9-28H2,1,3-8H3/t31-,32+,34-,35+,36+,40-,41+,42+,43+/m0/s1. The first-order chi connectivity index (χ1) is 24.5.